The number of rotatable bonds is 5. The van der Waals surface area contributed by atoms with Crippen molar-refractivity contribution in [3.8, 4) is 0 Å². The summed E-state index contributed by atoms with van der Waals surface area (Å²) in [5.41, 5.74) is 8.97. The first-order chi connectivity index (χ1) is 9.78. The molecule has 2 N–H and O–H groups in total. The molecule has 20 heavy (non-hydrogen) atoms. The molecule has 1 atom stereocenters. The predicted molar refractivity (Wildman–Crippen MR) is 85.9 cm³/mol. The van der Waals surface area contributed by atoms with Crippen LogP contribution in [0.5, 0.6) is 0 Å². The lowest BCUT2D eigenvalue weighted by molar-refractivity contribution is 0.465. The summed E-state index contributed by atoms with van der Waals surface area (Å²) in [6.07, 6.45) is 10.0. The Labute approximate surface area is 122 Å². The van der Waals surface area contributed by atoms with Crippen LogP contribution in [0, 0.1) is 5.92 Å². The van der Waals surface area contributed by atoms with Gasteiger partial charge in [-0.1, -0.05) is 38.0 Å². The second-order valence-corrected chi connectivity index (χ2v) is 6.35. The van der Waals surface area contributed by atoms with Gasteiger partial charge in [0.25, 0.3) is 0 Å². The summed E-state index contributed by atoms with van der Waals surface area (Å²) >= 11 is 0. The zero-order valence-electron chi connectivity index (χ0n) is 12.5. The Hall–Kier alpha value is -1.28. The van der Waals surface area contributed by atoms with Gasteiger partial charge in [0.2, 0.25) is 0 Å². The van der Waals surface area contributed by atoms with Crippen LogP contribution in [0.3, 0.4) is 0 Å². The first-order valence-electron chi connectivity index (χ1n) is 8.10. The maximum Gasteiger partial charge on any atom is 0.0483 e. The molecule has 2 aromatic rings. The first-order valence-corrected chi connectivity index (χ1v) is 8.10. The number of fused-ring (bicyclic) bond motifs is 1. The van der Waals surface area contributed by atoms with E-state index in [9.17, 15) is 0 Å². The van der Waals surface area contributed by atoms with E-state index >= 15 is 0 Å². The first kappa shape index (κ1) is 13.7. The van der Waals surface area contributed by atoms with Crippen LogP contribution >= 0.6 is 0 Å². The molecule has 0 spiro atoms. The van der Waals surface area contributed by atoms with E-state index in [1.165, 1.54) is 48.7 Å². The summed E-state index contributed by atoms with van der Waals surface area (Å²) in [7, 11) is 0. The van der Waals surface area contributed by atoms with Gasteiger partial charge in [0.05, 0.1) is 0 Å². The van der Waals surface area contributed by atoms with Crippen LogP contribution in [-0.4, -0.2) is 10.6 Å². The molecule has 0 radical (unpaired) electrons. The SMILES string of the molecule is CCC(N)Cc1cn(CC2CCCC2)c2ccccc12. The molecule has 1 aromatic carbocycles. The number of hydrogen-bond acceptors (Lipinski definition) is 1. The van der Waals surface area contributed by atoms with Gasteiger partial charge in [0, 0.05) is 29.7 Å². The van der Waals surface area contributed by atoms with Crippen LogP contribution in [0.2, 0.25) is 0 Å². The van der Waals surface area contributed by atoms with E-state index in [0.717, 1.165) is 18.8 Å². The molecule has 1 fully saturated rings. The van der Waals surface area contributed by atoms with Crippen molar-refractivity contribution in [1.29, 1.82) is 0 Å². The number of nitrogens with two attached hydrogens (primary N) is 1. The third-order valence-electron chi connectivity index (χ3n) is 4.81. The Morgan fingerprint density at radius 2 is 2.00 bits per heavy atom. The summed E-state index contributed by atoms with van der Waals surface area (Å²) in [6.45, 7) is 3.35. The molecule has 0 bridgehead atoms. The minimum Gasteiger partial charge on any atom is -0.347 e. The van der Waals surface area contributed by atoms with Gasteiger partial charge in [-0.15, -0.1) is 0 Å². The molecule has 0 amide bonds. The maximum atomic E-state index is 6.16. The normalized spacial score (nSPS) is 17.9. The summed E-state index contributed by atoms with van der Waals surface area (Å²) in [4.78, 5) is 0. The van der Waals surface area contributed by atoms with Crippen molar-refractivity contribution < 1.29 is 0 Å². The van der Waals surface area contributed by atoms with Crippen molar-refractivity contribution >= 4 is 10.9 Å². The smallest absolute Gasteiger partial charge is 0.0483 e. The van der Waals surface area contributed by atoms with E-state index in [1.807, 2.05) is 0 Å². The van der Waals surface area contributed by atoms with Crippen molar-refractivity contribution in [2.75, 3.05) is 0 Å². The molecule has 108 valence electrons. The predicted octanol–water partition coefficient (Wildman–Crippen LogP) is 4.11. The Morgan fingerprint density at radius 1 is 1.25 bits per heavy atom. The summed E-state index contributed by atoms with van der Waals surface area (Å²) in [5.74, 6) is 0.874. The zero-order valence-corrected chi connectivity index (χ0v) is 12.5. The average Bonchev–Trinajstić information content (AvgIpc) is 3.09. The monoisotopic (exact) mass is 270 g/mol. The van der Waals surface area contributed by atoms with E-state index in [4.69, 9.17) is 5.73 Å². The van der Waals surface area contributed by atoms with Crippen LogP contribution in [0.25, 0.3) is 10.9 Å². The second kappa shape index (κ2) is 6.01. The van der Waals surface area contributed by atoms with Gasteiger partial charge in [-0.05, 0) is 43.2 Å². The highest BCUT2D eigenvalue weighted by molar-refractivity contribution is 5.84. The lowest BCUT2D eigenvalue weighted by Gasteiger charge is -2.11. The number of hydrogen-bond donors (Lipinski definition) is 1. The summed E-state index contributed by atoms with van der Waals surface area (Å²) < 4.78 is 2.48. The molecule has 1 unspecified atom stereocenters. The van der Waals surface area contributed by atoms with Gasteiger partial charge in [-0.2, -0.15) is 0 Å². The largest absolute Gasteiger partial charge is 0.347 e. The van der Waals surface area contributed by atoms with E-state index in [1.54, 1.807) is 0 Å². The van der Waals surface area contributed by atoms with Gasteiger partial charge in [-0.25, -0.2) is 0 Å². The summed E-state index contributed by atoms with van der Waals surface area (Å²) in [6, 6.07) is 9.07. The fourth-order valence-corrected chi connectivity index (χ4v) is 3.53. The number of aromatic nitrogens is 1. The molecule has 0 aliphatic heterocycles. The van der Waals surface area contributed by atoms with Crippen LogP contribution < -0.4 is 5.73 Å². The molecule has 0 saturated heterocycles. The van der Waals surface area contributed by atoms with Gasteiger partial charge >= 0.3 is 0 Å². The van der Waals surface area contributed by atoms with Crippen molar-refractivity contribution in [3.05, 3.63) is 36.0 Å². The summed E-state index contributed by atoms with van der Waals surface area (Å²) in [5, 5.41) is 1.40. The van der Waals surface area contributed by atoms with Gasteiger partial charge in [0.1, 0.15) is 0 Å². The lowest BCUT2D eigenvalue weighted by Crippen LogP contribution is -2.21. The molecule has 1 aliphatic carbocycles. The van der Waals surface area contributed by atoms with Gasteiger partial charge in [-0.3, -0.25) is 0 Å². The molecular weight excluding hydrogens is 244 g/mol. The van der Waals surface area contributed by atoms with Crippen LogP contribution in [0.15, 0.2) is 30.5 Å². The van der Waals surface area contributed by atoms with Crippen LogP contribution in [0.1, 0.15) is 44.6 Å². The Bertz CT molecular complexity index is 564. The topological polar surface area (TPSA) is 30.9 Å². The highest BCUT2D eigenvalue weighted by Gasteiger charge is 2.17. The lowest BCUT2D eigenvalue weighted by atomic mass is 10.0. The number of nitrogens with zero attached hydrogens (tertiary/aromatic N) is 1. The molecule has 1 aliphatic rings. The van der Waals surface area contributed by atoms with E-state index in [-0.39, 0.29) is 6.04 Å². The van der Waals surface area contributed by atoms with Gasteiger partial charge < -0.3 is 10.3 Å². The molecule has 3 rings (SSSR count). The second-order valence-electron chi connectivity index (χ2n) is 6.35. The fraction of sp³-hybridized carbons (Fsp3) is 0.556. The zero-order chi connectivity index (χ0) is 13.9. The molecule has 1 heterocycles. The molecule has 2 heteroatoms. The third-order valence-corrected chi connectivity index (χ3v) is 4.81. The van der Waals surface area contributed by atoms with Gasteiger partial charge in [0.15, 0.2) is 0 Å². The molecule has 2 nitrogen and oxygen atoms in total. The quantitative estimate of drug-likeness (QED) is 0.871. The fourth-order valence-electron chi connectivity index (χ4n) is 3.53. The van der Waals surface area contributed by atoms with Crippen LogP contribution in [-0.2, 0) is 13.0 Å². The maximum absolute atomic E-state index is 6.16. The molecule has 1 saturated carbocycles. The third kappa shape index (κ3) is 2.76. The van der Waals surface area contributed by atoms with E-state index in [2.05, 4.69) is 42.0 Å². The highest BCUT2D eigenvalue weighted by atomic mass is 15.0. The van der Waals surface area contributed by atoms with Crippen LogP contribution in [0.4, 0.5) is 0 Å². The number of para-hydroxylation sites is 1. The standard InChI is InChI=1S/C18H26N2/c1-2-16(19)11-15-13-20(12-14-7-3-4-8-14)18-10-6-5-9-17(15)18/h5-6,9-10,13-14,16H,2-4,7-8,11-12,19H2,1H3. The number of benzene rings is 1. The van der Waals surface area contributed by atoms with Crippen molar-refractivity contribution in [2.45, 2.75) is 58.0 Å². The van der Waals surface area contributed by atoms with E-state index in [0.29, 0.717) is 0 Å². The highest BCUT2D eigenvalue weighted by Crippen LogP contribution is 2.29. The minimum atomic E-state index is 0.278. The Kier molecular flexibility index (Phi) is 4.11. The van der Waals surface area contributed by atoms with Crippen molar-refractivity contribution in [2.24, 2.45) is 11.7 Å². The Morgan fingerprint density at radius 3 is 2.75 bits per heavy atom. The van der Waals surface area contributed by atoms with Crippen molar-refractivity contribution in [1.82, 2.24) is 4.57 Å². The molecule has 1 aromatic heterocycles. The Balaban J connectivity index is 1.90. The average molecular weight is 270 g/mol. The van der Waals surface area contributed by atoms with Crippen molar-refractivity contribution in [3.63, 3.8) is 0 Å². The molecular formula is C18H26N2. The van der Waals surface area contributed by atoms with E-state index < -0.39 is 0 Å². The minimum absolute atomic E-state index is 0.278.